The van der Waals surface area contributed by atoms with E-state index in [9.17, 15) is 0 Å². The lowest BCUT2D eigenvalue weighted by Crippen LogP contribution is -1.96. The molecule has 0 radical (unpaired) electrons. The van der Waals surface area contributed by atoms with Crippen LogP contribution in [0.5, 0.6) is 5.75 Å². The van der Waals surface area contributed by atoms with Crippen molar-refractivity contribution >= 4 is 5.76 Å². The molecule has 0 atom stereocenters. The van der Waals surface area contributed by atoms with E-state index in [0.29, 0.717) is 0 Å². The summed E-state index contributed by atoms with van der Waals surface area (Å²) in [6.45, 7) is 4.12. The van der Waals surface area contributed by atoms with Crippen LogP contribution in [0.15, 0.2) is 66.2 Å². The van der Waals surface area contributed by atoms with Gasteiger partial charge < -0.3 is 4.74 Å². The molecule has 0 unspecified atom stereocenters. The van der Waals surface area contributed by atoms with Gasteiger partial charge in [-0.25, -0.2) is 0 Å². The van der Waals surface area contributed by atoms with Gasteiger partial charge in [-0.2, -0.15) is 0 Å². The summed E-state index contributed by atoms with van der Waals surface area (Å²) in [5.74, 6) is 1.80. The van der Waals surface area contributed by atoms with Crippen LogP contribution in [0, 0.1) is 0 Å². The Morgan fingerprint density at radius 3 is 1.82 bits per heavy atom. The minimum atomic E-state index is 0.868. The molecule has 0 spiro atoms. The van der Waals surface area contributed by atoms with E-state index in [0.717, 1.165) is 17.1 Å². The molecule has 0 aliphatic rings. The van der Waals surface area contributed by atoms with Gasteiger partial charge in [-0.05, 0) is 31.6 Å². The second-order valence-electron chi connectivity index (χ2n) is 4.11. The van der Waals surface area contributed by atoms with E-state index in [2.05, 4.69) is 26.0 Å². The van der Waals surface area contributed by atoms with Crippen molar-refractivity contribution in [3.05, 3.63) is 71.8 Å². The molecule has 0 bridgehead atoms. The lowest BCUT2D eigenvalue weighted by Gasteiger charge is -2.12. The van der Waals surface area contributed by atoms with E-state index in [1.807, 2.05) is 48.5 Å². The quantitative estimate of drug-likeness (QED) is 0.697. The molecule has 0 saturated heterocycles. The van der Waals surface area contributed by atoms with Crippen LogP contribution in [0.3, 0.4) is 0 Å². The monoisotopic (exact) mass is 224 g/mol. The first-order chi connectivity index (χ1) is 8.27. The van der Waals surface area contributed by atoms with E-state index in [1.165, 1.54) is 5.57 Å². The third-order valence-electron chi connectivity index (χ3n) is 2.45. The second-order valence-corrected chi connectivity index (χ2v) is 4.11. The molecule has 86 valence electrons. The molecule has 1 nitrogen and oxygen atoms in total. The molecule has 0 aromatic heterocycles. The average Bonchev–Trinajstić information content (AvgIpc) is 2.38. The maximum Gasteiger partial charge on any atom is 0.133 e. The fourth-order valence-electron chi connectivity index (χ4n) is 1.65. The highest BCUT2D eigenvalue weighted by atomic mass is 16.5. The van der Waals surface area contributed by atoms with Crippen molar-refractivity contribution in [3.8, 4) is 5.75 Å². The first-order valence-electron chi connectivity index (χ1n) is 5.73. The Morgan fingerprint density at radius 1 is 0.765 bits per heavy atom. The maximum absolute atomic E-state index is 5.94. The van der Waals surface area contributed by atoms with Crippen LogP contribution < -0.4 is 4.74 Å². The summed E-state index contributed by atoms with van der Waals surface area (Å²) >= 11 is 0. The summed E-state index contributed by atoms with van der Waals surface area (Å²) in [7, 11) is 0. The Balaban J connectivity index is 2.31. The number of hydrogen-bond acceptors (Lipinski definition) is 1. The molecule has 2 aromatic carbocycles. The van der Waals surface area contributed by atoms with Gasteiger partial charge in [0.2, 0.25) is 0 Å². The Labute approximate surface area is 102 Å². The average molecular weight is 224 g/mol. The predicted octanol–water partition coefficient (Wildman–Crippen LogP) is 4.52. The van der Waals surface area contributed by atoms with Crippen LogP contribution in [0.4, 0.5) is 0 Å². The predicted molar refractivity (Wildman–Crippen MR) is 71.8 cm³/mol. The highest BCUT2D eigenvalue weighted by Gasteiger charge is 2.05. The zero-order valence-electron chi connectivity index (χ0n) is 10.2. The van der Waals surface area contributed by atoms with Crippen molar-refractivity contribution in [2.24, 2.45) is 0 Å². The molecule has 2 rings (SSSR count). The van der Waals surface area contributed by atoms with Crippen molar-refractivity contribution in [2.45, 2.75) is 13.8 Å². The standard InChI is InChI=1S/C16H16O/c1-13(2)16(14-9-5-3-6-10-14)17-15-11-7-4-8-12-15/h3-12H,1-2H3. The summed E-state index contributed by atoms with van der Waals surface area (Å²) in [6.07, 6.45) is 0. The van der Waals surface area contributed by atoms with Gasteiger partial charge in [0.25, 0.3) is 0 Å². The zero-order valence-corrected chi connectivity index (χ0v) is 10.2. The smallest absolute Gasteiger partial charge is 0.133 e. The molecule has 2 aromatic rings. The number of rotatable bonds is 3. The van der Waals surface area contributed by atoms with Gasteiger partial charge in [-0.3, -0.25) is 0 Å². The second kappa shape index (κ2) is 5.35. The van der Waals surface area contributed by atoms with Crippen LogP contribution >= 0.6 is 0 Å². The fourth-order valence-corrected chi connectivity index (χ4v) is 1.65. The number of allylic oxidation sites excluding steroid dienone is 1. The van der Waals surface area contributed by atoms with E-state index in [4.69, 9.17) is 4.74 Å². The SMILES string of the molecule is CC(C)=C(Oc1ccccc1)c1ccccc1. The topological polar surface area (TPSA) is 9.23 Å². The van der Waals surface area contributed by atoms with Gasteiger partial charge in [0.15, 0.2) is 0 Å². The molecule has 0 amide bonds. The Bertz CT molecular complexity index is 494. The van der Waals surface area contributed by atoms with Crippen LogP contribution in [0.1, 0.15) is 19.4 Å². The van der Waals surface area contributed by atoms with E-state index >= 15 is 0 Å². The lowest BCUT2D eigenvalue weighted by molar-refractivity contribution is 0.510. The highest BCUT2D eigenvalue weighted by Crippen LogP contribution is 2.23. The Morgan fingerprint density at radius 2 is 1.29 bits per heavy atom. The van der Waals surface area contributed by atoms with Crippen molar-refractivity contribution in [1.29, 1.82) is 0 Å². The minimum Gasteiger partial charge on any atom is -0.457 e. The fraction of sp³-hybridized carbons (Fsp3) is 0.125. The molecule has 0 saturated carbocycles. The number of hydrogen-bond donors (Lipinski definition) is 0. The maximum atomic E-state index is 5.94. The summed E-state index contributed by atoms with van der Waals surface area (Å²) in [6, 6.07) is 20.0. The normalized spacial score (nSPS) is 9.76. The largest absolute Gasteiger partial charge is 0.457 e. The van der Waals surface area contributed by atoms with Gasteiger partial charge in [0, 0.05) is 5.56 Å². The molecule has 0 fully saturated rings. The summed E-state index contributed by atoms with van der Waals surface area (Å²) in [5, 5.41) is 0. The lowest BCUT2D eigenvalue weighted by atomic mass is 10.1. The van der Waals surface area contributed by atoms with Gasteiger partial charge in [0.1, 0.15) is 11.5 Å². The molecule has 0 aliphatic carbocycles. The molecule has 0 aliphatic heterocycles. The number of benzene rings is 2. The first-order valence-corrected chi connectivity index (χ1v) is 5.73. The van der Waals surface area contributed by atoms with Crippen LogP contribution in [0.2, 0.25) is 0 Å². The summed E-state index contributed by atoms with van der Waals surface area (Å²) in [4.78, 5) is 0. The van der Waals surface area contributed by atoms with Crippen molar-refractivity contribution in [1.82, 2.24) is 0 Å². The van der Waals surface area contributed by atoms with E-state index in [1.54, 1.807) is 0 Å². The molecule has 0 N–H and O–H groups in total. The Kier molecular flexibility index (Phi) is 3.61. The third kappa shape index (κ3) is 2.97. The molecule has 0 heterocycles. The third-order valence-corrected chi connectivity index (χ3v) is 2.45. The summed E-state index contributed by atoms with van der Waals surface area (Å²) < 4.78 is 5.94. The highest BCUT2D eigenvalue weighted by molar-refractivity contribution is 5.64. The van der Waals surface area contributed by atoms with Gasteiger partial charge in [0.05, 0.1) is 0 Å². The molecule has 17 heavy (non-hydrogen) atoms. The Hall–Kier alpha value is -2.02. The summed E-state index contributed by atoms with van der Waals surface area (Å²) in [5.41, 5.74) is 2.27. The van der Waals surface area contributed by atoms with E-state index in [-0.39, 0.29) is 0 Å². The minimum absolute atomic E-state index is 0.868. The molecular weight excluding hydrogens is 208 g/mol. The van der Waals surface area contributed by atoms with E-state index < -0.39 is 0 Å². The van der Waals surface area contributed by atoms with Crippen LogP contribution in [-0.4, -0.2) is 0 Å². The van der Waals surface area contributed by atoms with Gasteiger partial charge in [-0.15, -0.1) is 0 Å². The van der Waals surface area contributed by atoms with Crippen LogP contribution in [-0.2, 0) is 0 Å². The number of ether oxygens (including phenoxy) is 1. The first kappa shape index (κ1) is 11.5. The van der Waals surface area contributed by atoms with Crippen molar-refractivity contribution < 1.29 is 4.74 Å². The van der Waals surface area contributed by atoms with Crippen LogP contribution in [0.25, 0.3) is 5.76 Å². The molecular formula is C16H16O. The van der Waals surface area contributed by atoms with Gasteiger partial charge in [-0.1, -0.05) is 48.5 Å². The van der Waals surface area contributed by atoms with Crippen molar-refractivity contribution in [3.63, 3.8) is 0 Å². The van der Waals surface area contributed by atoms with Gasteiger partial charge >= 0.3 is 0 Å². The number of para-hydroxylation sites is 1. The van der Waals surface area contributed by atoms with Crippen molar-refractivity contribution in [2.75, 3.05) is 0 Å². The zero-order chi connectivity index (χ0) is 12.1. The molecule has 1 heteroatoms.